The van der Waals surface area contributed by atoms with Crippen LogP contribution in [0.3, 0.4) is 0 Å². The van der Waals surface area contributed by atoms with Gasteiger partial charge in [-0.05, 0) is 36.8 Å². The molecule has 0 saturated heterocycles. The highest BCUT2D eigenvalue weighted by atomic mass is 19.1. The molecule has 0 saturated carbocycles. The zero-order valence-corrected chi connectivity index (χ0v) is 11.7. The van der Waals surface area contributed by atoms with Gasteiger partial charge in [0.2, 0.25) is 0 Å². The molecule has 2 aromatic rings. The summed E-state index contributed by atoms with van der Waals surface area (Å²) in [7, 11) is 0. The smallest absolute Gasteiger partial charge is 0.266 e. The molecule has 0 bridgehead atoms. The van der Waals surface area contributed by atoms with Crippen LogP contribution in [-0.2, 0) is 4.79 Å². The number of para-hydroxylation sites is 1. The molecule has 1 N–H and O–H groups in total. The standard InChI is InChI=1S/C17H12F2N2O/c1-11-5-2-3-8-16(11)21-17(22)12(10-20)9-13-14(18)6-4-7-15(13)19/h2-9H,1H3,(H,21,22)/b12-9+. The molecule has 110 valence electrons. The van der Waals surface area contributed by atoms with Crippen molar-refractivity contribution in [1.82, 2.24) is 0 Å². The van der Waals surface area contributed by atoms with Gasteiger partial charge in [-0.3, -0.25) is 4.79 Å². The number of halogens is 2. The van der Waals surface area contributed by atoms with Crippen LogP contribution >= 0.6 is 0 Å². The van der Waals surface area contributed by atoms with Gasteiger partial charge in [0.1, 0.15) is 23.3 Å². The molecular formula is C17H12F2N2O. The molecule has 0 spiro atoms. The molecular weight excluding hydrogens is 286 g/mol. The molecule has 0 atom stereocenters. The molecule has 0 aromatic heterocycles. The molecule has 2 aromatic carbocycles. The Kier molecular flexibility index (Phi) is 4.64. The Balaban J connectivity index is 2.33. The largest absolute Gasteiger partial charge is 0.321 e. The summed E-state index contributed by atoms with van der Waals surface area (Å²) in [4.78, 5) is 12.1. The van der Waals surface area contributed by atoms with Gasteiger partial charge < -0.3 is 5.32 Å². The first kappa shape index (κ1) is 15.4. The summed E-state index contributed by atoms with van der Waals surface area (Å²) in [6.07, 6.45) is 0.901. The lowest BCUT2D eigenvalue weighted by atomic mass is 10.1. The highest BCUT2D eigenvalue weighted by Crippen LogP contribution is 2.18. The fraction of sp³-hybridized carbons (Fsp3) is 0.0588. The van der Waals surface area contributed by atoms with Crippen LogP contribution in [0, 0.1) is 29.9 Å². The third-order valence-corrected chi connectivity index (χ3v) is 3.05. The average molecular weight is 298 g/mol. The number of amides is 1. The molecule has 3 nitrogen and oxygen atoms in total. The van der Waals surface area contributed by atoms with Crippen molar-refractivity contribution in [3.8, 4) is 6.07 Å². The number of rotatable bonds is 3. The lowest BCUT2D eigenvalue weighted by molar-refractivity contribution is -0.112. The van der Waals surface area contributed by atoms with Crippen molar-refractivity contribution < 1.29 is 13.6 Å². The Hall–Kier alpha value is -3.00. The minimum absolute atomic E-state index is 0.382. The number of aryl methyl sites for hydroxylation is 1. The molecule has 0 unspecified atom stereocenters. The van der Waals surface area contributed by atoms with Crippen molar-refractivity contribution in [2.24, 2.45) is 0 Å². The van der Waals surface area contributed by atoms with Gasteiger partial charge in [0.05, 0.1) is 0 Å². The van der Waals surface area contributed by atoms with E-state index in [2.05, 4.69) is 5.32 Å². The van der Waals surface area contributed by atoms with E-state index in [1.807, 2.05) is 0 Å². The van der Waals surface area contributed by atoms with Gasteiger partial charge in [-0.15, -0.1) is 0 Å². The molecule has 0 radical (unpaired) electrons. The second-order valence-corrected chi connectivity index (χ2v) is 4.57. The van der Waals surface area contributed by atoms with Crippen LogP contribution in [0.2, 0.25) is 0 Å². The molecule has 0 heterocycles. The Morgan fingerprint density at radius 1 is 1.14 bits per heavy atom. The van der Waals surface area contributed by atoms with Crippen molar-refractivity contribution in [2.75, 3.05) is 5.32 Å². The summed E-state index contributed by atoms with van der Waals surface area (Å²) in [5, 5.41) is 11.6. The normalized spacial score (nSPS) is 10.9. The van der Waals surface area contributed by atoms with Crippen molar-refractivity contribution >= 4 is 17.7 Å². The molecule has 2 rings (SSSR count). The quantitative estimate of drug-likeness (QED) is 0.692. The Morgan fingerprint density at radius 2 is 1.77 bits per heavy atom. The topological polar surface area (TPSA) is 52.9 Å². The second kappa shape index (κ2) is 6.64. The highest BCUT2D eigenvalue weighted by molar-refractivity contribution is 6.09. The number of carbonyl (C=O) groups excluding carboxylic acids is 1. The Morgan fingerprint density at radius 3 is 2.36 bits per heavy atom. The van der Waals surface area contributed by atoms with Gasteiger partial charge in [-0.1, -0.05) is 24.3 Å². The van der Waals surface area contributed by atoms with E-state index in [1.54, 1.807) is 37.3 Å². The summed E-state index contributed by atoms with van der Waals surface area (Å²) < 4.78 is 27.2. The first-order chi connectivity index (χ1) is 10.5. The van der Waals surface area contributed by atoms with Crippen LogP contribution < -0.4 is 5.32 Å². The van der Waals surface area contributed by atoms with E-state index in [0.717, 1.165) is 23.8 Å². The lowest BCUT2D eigenvalue weighted by Crippen LogP contribution is -2.14. The maximum atomic E-state index is 13.6. The number of hydrogen-bond acceptors (Lipinski definition) is 2. The molecule has 0 aliphatic heterocycles. The fourth-order valence-electron chi connectivity index (χ4n) is 1.84. The van der Waals surface area contributed by atoms with Crippen LogP contribution in [0.25, 0.3) is 6.08 Å². The van der Waals surface area contributed by atoms with Crippen LogP contribution in [0.4, 0.5) is 14.5 Å². The molecule has 0 aliphatic rings. The lowest BCUT2D eigenvalue weighted by Gasteiger charge is -2.07. The van der Waals surface area contributed by atoms with E-state index in [4.69, 9.17) is 5.26 Å². The summed E-state index contributed by atoms with van der Waals surface area (Å²) in [5.41, 5.74) is 0.541. The van der Waals surface area contributed by atoms with Gasteiger partial charge >= 0.3 is 0 Å². The Bertz CT molecular complexity index is 771. The monoisotopic (exact) mass is 298 g/mol. The number of benzene rings is 2. The maximum Gasteiger partial charge on any atom is 0.266 e. The number of carbonyl (C=O) groups is 1. The maximum absolute atomic E-state index is 13.6. The SMILES string of the molecule is Cc1ccccc1NC(=O)/C(C#N)=C/c1c(F)cccc1F. The Labute approximate surface area is 126 Å². The summed E-state index contributed by atoms with van der Waals surface area (Å²) in [5.74, 6) is -2.40. The van der Waals surface area contributed by atoms with Crippen molar-refractivity contribution in [3.05, 3.63) is 70.8 Å². The first-order valence-electron chi connectivity index (χ1n) is 6.45. The number of anilines is 1. The van der Waals surface area contributed by atoms with Gasteiger partial charge in [0, 0.05) is 11.3 Å². The van der Waals surface area contributed by atoms with Crippen molar-refractivity contribution in [1.29, 1.82) is 5.26 Å². The van der Waals surface area contributed by atoms with Gasteiger partial charge in [-0.2, -0.15) is 5.26 Å². The minimum atomic E-state index is -0.837. The van der Waals surface area contributed by atoms with Gasteiger partial charge in [0.25, 0.3) is 5.91 Å². The van der Waals surface area contributed by atoms with Crippen molar-refractivity contribution in [2.45, 2.75) is 6.92 Å². The number of nitrogens with zero attached hydrogens (tertiary/aromatic N) is 1. The van der Waals surface area contributed by atoms with E-state index < -0.39 is 23.1 Å². The minimum Gasteiger partial charge on any atom is -0.321 e. The van der Waals surface area contributed by atoms with Crippen LogP contribution in [-0.4, -0.2) is 5.91 Å². The third-order valence-electron chi connectivity index (χ3n) is 3.05. The van der Waals surface area contributed by atoms with Crippen LogP contribution in [0.5, 0.6) is 0 Å². The second-order valence-electron chi connectivity index (χ2n) is 4.57. The predicted octanol–water partition coefficient (Wildman–Crippen LogP) is 3.82. The van der Waals surface area contributed by atoms with Gasteiger partial charge in [-0.25, -0.2) is 8.78 Å². The zero-order valence-electron chi connectivity index (χ0n) is 11.7. The predicted molar refractivity (Wildman–Crippen MR) is 79.8 cm³/mol. The number of nitrogens with one attached hydrogen (secondary N) is 1. The number of nitriles is 1. The van der Waals surface area contributed by atoms with E-state index in [1.165, 1.54) is 6.07 Å². The third kappa shape index (κ3) is 3.36. The summed E-state index contributed by atoms with van der Waals surface area (Å²) in [6.45, 7) is 1.79. The van der Waals surface area contributed by atoms with Crippen LogP contribution in [0.15, 0.2) is 48.0 Å². The number of hydrogen-bond donors (Lipinski definition) is 1. The highest BCUT2D eigenvalue weighted by Gasteiger charge is 2.13. The van der Waals surface area contributed by atoms with Crippen LogP contribution in [0.1, 0.15) is 11.1 Å². The van der Waals surface area contributed by atoms with E-state index >= 15 is 0 Å². The summed E-state index contributed by atoms with van der Waals surface area (Å²) >= 11 is 0. The van der Waals surface area contributed by atoms with E-state index in [9.17, 15) is 13.6 Å². The zero-order chi connectivity index (χ0) is 16.1. The first-order valence-corrected chi connectivity index (χ1v) is 6.45. The van der Waals surface area contributed by atoms with Crippen molar-refractivity contribution in [3.63, 3.8) is 0 Å². The average Bonchev–Trinajstić information content (AvgIpc) is 2.49. The van der Waals surface area contributed by atoms with E-state index in [0.29, 0.717) is 5.69 Å². The molecule has 0 aliphatic carbocycles. The molecule has 5 heteroatoms. The molecule has 0 fully saturated rings. The molecule has 22 heavy (non-hydrogen) atoms. The summed E-state index contributed by atoms with van der Waals surface area (Å²) in [6, 6.07) is 12.0. The van der Waals surface area contributed by atoms with E-state index in [-0.39, 0.29) is 5.57 Å². The fourth-order valence-corrected chi connectivity index (χ4v) is 1.84. The van der Waals surface area contributed by atoms with Gasteiger partial charge in [0.15, 0.2) is 0 Å². The molecule has 1 amide bonds.